The van der Waals surface area contributed by atoms with E-state index in [1.165, 1.54) is 0 Å². The molecule has 0 aliphatic heterocycles. The van der Waals surface area contributed by atoms with Crippen LogP contribution in [0.4, 0.5) is 0 Å². The Kier molecular flexibility index (Phi) is 5.35. The van der Waals surface area contributed by atoms with Gasteiger partial charge in [0.2, 0.25) is 0 Å². The van der Waals surface area contributed by atoms with Crippen molar-refractivity contribution < 1.29 is 9.53 Å². The maximum Gasteiger partial charge on any atom is 0.254 e. The van der Waals surface area contributed by atoms with E-state index in [1.807, 2.05) is 38.1 Å². The summed E-state index contributed by atoms with van der Waals surface area (Å²) < 4.78 is 6.35. The number of rotatable bonds is 5. The summed E-state index contributed by atoms with van der Waals surface area (Å²) >= 11 is 3.43. The molecule has 0 radical (unpaired) electrons. The highest BCUT2D eigenvalue weighted by molar-refractivity contribution is 9.10. The summed E-state index contributed by atoms with van der Waals surface area (Å²) in [6, 6.07) is 7.95. The average Bonchev–Trinajstić information content (AvgIpc) is 2.37. The predicted octanol–water partition coefficient (Wildman–Crippen LogP) is 3.22. The maximum absolute atomic E-state index is 12.3. The summed E-state index contributed by atoms with van der Waals surface area (Å²) in [4.78, 5) is 14.0. The molecule has 0 aliphatic rings. The molecule has 1 amide bonds. The van der Waals surface area contributed by atoms with Crippen molar-refractivity contribution in [2.45, 2.75) is 32.4 Å². The zero-order chi connectivity index (χ0) is 13.8. The predicted molar refractivity (Wildman–Crippen MR) is 76.3 cm³/mol. The molecule has 0 saturated heterocycles. The molecule has 0 fully saturated rings. The first-order valence-corrected chi connectivity index (χ1v) is 6.77. The van der Waals surface area contributed by atoms with Crippen LogP contribution in [-0.4, -0.2) is 30.6 Å². The lowest BCUT2D eigenvalue weighted by Crippen LogP contribution is -2.46. The van der Waals surface area contributed by atoms with E-state index < -0.39 is 5.60 Å². The molecule has 0 heterocycles. The molecular weight excluding hydrogens is 294 g/mol. The Morgan fingerprint density at radius 1 is 1.50 bits per heavy atom. The van der Waals surface area contributed by atoms with Gasteiger partial charge in [0.1, 0.15) is 5.60 Å². The van der Waals surface area contributed by atoms with Crippen LogP contribution in [0, 0.1) is 0 Å². The smallest absolute Gasteiger partial charge is 0.254 e. The van der Waals surface area contributed by atoms with Crippen molar-refractivity contribution in [2.24, 2.45) is 0 Å². The molecule has 0 aromatic heterocycles. The fraction of sp³-hybridized carbons (Fsp3) is 0.500. The van der Waals surface area contributed by atoms with Gasteiger partial charge in [-0.2, -0.15) is 0 Å². The number of amides is 1. The number of carbonyl (C=O) groups excluding carboxylic acids is 1. The SMILES string of the molecule is CCC(C)(OC)C(=O)N(C)Cc1cccc(Br)c1. The minimum Gasteiger partial charge on any atom is -0.369 e. The number of ether oxygens (including phenoxy) is 1. The highest BCUT2D eigenvalue weighted by Gasteiger charge is 2.33. The lowest BCUT2D eigenvalue weighted by Gasteiger charge is -2.30. The van der Waals surface area contributed by atoms with Gasteiger partial charge in [0.05, 0.1) is 0 Å². The number of likely N-dealkylation sites (N-methyl/N-ethyl adjacent to an activating group) is 1. The molecule has 1 rings (SSSR count). The molecular formula is C14H20BrNO2. The summed E-state index contributed by atoms with van der Waals surface area (Å²) in [6.07, 6.45) is 0.658. The monoisotopic (exact) mass is 313 g/mol. The van der Waals surface area contributed by atoms with E-state index in [0.29, 0.717) is 13.0 Å². The lowest BCUT2D eigenvalue weighted by molar-refractivity contribution is -0.152. The van der Waals surface area contributed by atoms with Crippen molar-refractivity contribution >= 4 is 21.8 Å². The molecule has 0 N–H and O–H groups in total. The summed E-state index contributed by atoms with van der Waals surface area (Å²) in [5, 5.41) is 0. The van der Waals surface area contributed by atoms with E-state index in [0.717, 1.165) is 10.0 Å². The highest BCUT2D eigenvalue weighted by atomic mass is 79.9. The molecule has 1 unspecified atom stereocenters. The normalized spacial score (nSPS) is 14.1. The second kappa shape index (κ2) is 6.34. The second-order valence-corrected chi connectivity index (χ2v) is 5.50. The molecule has 0 saturated carbocycles. The summed E-state index contributed by atoms with van der Waals surface area (Å²) in [6.45, 7) is 4.36. The van der Waals surface area contributed by atoms with Crippen LogP contribution >= 0.6 is 15.9 Å². The van der Waals surface area contributed by atoms with Crippen molar-refractivity contribution in [1.82, 2.24) is 4.90 Å². The largest absolute Gasteiger partial charge is 0.369 e. The van der Waals surface area contributed by atoms with Crippen molar-refractivity contribution in [2.75, 3.05) is 14.2 Å². The first-order chi connectivity index (χ1) is 8.42. The lowest BCUT2D eigenvalue weighted by atomic mass is 10.0. The van der Waals surface area contributed by atoms with Crippen molar-refractivity contribution in [3.8, 4) is 0 Å². The minimum absolute atomic E-state index is 0.00692. The highest BCUT2D eigenvalue weighted by Crippen LogP contribution is 2.19. The zero-order valence-electron chi connectivity index (χ0n) is 11.4. The Labute approximate surface area is 117 Å². The van der Waals surface area contributed by atoms with Crippen LogP contribution in [0.3, 0.4) is 0 Å². The second-order valence-electron chi connectivity index (χ2n) is 4.58. The molecule has 0 aliphatic carbocycles. The fourth-order valence-corrected chi connectivity index (χ4v) is 2.21. The summed E-state index contributed by atoms with van der Waals surface area (Å²) in [7, 11) is 3.38. The van der Waals surface area contributed by atoms with E-state index in [4.69, 9.17) is 4.74 Å². The molecule has 18 heavy (non-hydrogen) atoms. The fourth-order valence-electron chi connectivity index (χ4n) is 1.77. The van der Waals surface area contributed by atoms with E-state index in [1.54, 1.807) is 19.1 Å². The number of methoxy groups -OCH3 is 1. The van der Waals surface area contributed by atoms with Crippen LogP contribution in [0.5, 0.6) is 0 Å². The van der Waals surface area contributed by atoms with Crippen molar-refractivity contribution in [3.05, 3.63) is 34.3 Å². The summed E-state index contributed by atoms with van der Waals surface area (Å²) in [5.74, 6) is 0.00692. The van der Waals surface area contributed by atoms with Crippen LogP contribution in [0.1, 0.15) is 25.8 Å². The molecule has 0 bridgehead atoms. The number of carbonyl (C=O) groups is 1. The Balaban J connectivity index is 2.77. The molecule has 1 aromatic rings. The van der Waals surface area contributed by atoms with Gasteiger partial charge in [0.25, 0.3) is 5.91 Å². The Hall–Kier alpha value is -0.870. The van der Waals surface area contributed by atoms with Crippen LogP contribution in [0.15, 0.2) is 28.7 Å². The van der Waals surface area contributed by atoms with Crippen LogP contribution < -0.4 is 0 Å². The average molecular weight is 314 g/mol. The Bertz CT molecular complexity index is 416. The zero-order valence-corrected chi connectivity index (χ0v) is 13.0. The Morgan fingerprint density at radius 3 is 2.67 bits per heavy atom. The molecule has 4 heteroatoms. The van der Waals surface area contributed by atoms with Gasteiger partial charge in [-0.3, -0.25) is 4.79 Å². The Morgan fingerprint density at radius 2 is 2.17 bits per heavy atom. The van der Waals surface area contributed by atoms with E-state index in [2.05, 4.69) is 15.9 Å². The van der Waals surface area contributed by atoms with Gasteiger partial charge in [-0.15, -0.1) is 0 Å². The van der Waals surface area contributed by atoms with Gasteiger partial charge >= 0.3 is 0 Å². The number of halogens is 1. The van der Waals surface area contributed by atoms with E-state index >= 15 is 0 Å². The number of nitrogens with zero attached hydrogens (tertiary/aromatic N) is 1. The maximum atomic E-state index is 12.3. The quantitative estimate of drug-likeness (QED) is 0.835. The third kappa shape index (κ3) is 3.56. The van der Waals surface area contributed by atoms with Gasteiger partial charge < -0.3 is 9.64 Å². The molecule has 1 atom stereocenters. The van der Waals surface area contributed by atoms with Gasteiger partial charge in [0.15, 0.2) is 0 Å². The number of benzene rings is 1. The van der Waals surface area contributed by atoms with Crippen LogP contribution in [0.25, 0.3) is 0 Å². The number of hydrogen-bond acceptors (Lipinski definition) is 2. The van der Waals surface area contributed by atoms with E-state index in [9.17, 15) is 4.79 Å². The van der Waals surface area contributed by atoms with Crippen LogP contribution in [-0.2, 0) is 16.1 Å². The molecule has 100 valence electrons. The molecule has 0 spiro atoms. The van der Waals surface area contributed by atoms with Crippen LogP contribution in [0.2, 0.25) is 0 Å². The molecule has 3 nitrogen and oxygen atoms in total. The third-order valence-corrected chi connectivity index (χ3v) is 3.73. The number of hydrogen-bond donors (Lipinski definition) is 0. The van der Waals surface area contributed by atoms with Crippen molar-refractivity contribution in [1.29, 1.82) is 0 Å². The van der Waals surface area contributed by atoms with Gasteiger partial charge in [-0.1, -0.05) is 35.0 Å². The topological polar surface area (TPSA) is 29.5 Å². The first kappa shape index (κ1) is 15.2. The third-order valence-electron chi connectivity index (χ3n) is 3.23. The minimum atomic E-state index is -0.735. The standard InChI is InChI=1S/C14H20BrNO2/c1-5-14(2,18-4)13(17)16(3)10-11-7-6-8-12(15)9-11/h6-9H,5,10H2,1-4H3. The molecule has 1 aromatic carbocycles. The van der Waals surface area contributed by atoms with Gasteiger partial charge in [-0.25, -0.2) is 0 Å². The summed E-state index contributed by atoms with van der Waals surface area (Å²) in [5.41, 5.74) is 0.357. The van der Waals surface area contributed by atoms with Gasteiger partial charge in [-0.05, 0) is 31.0 Å². The van der Waals surface area contributed by atoms with Crippen molar-refractivity contribution in [3.63, 3.8) is 0 Å². The van der Waals surface area contributed by atoms with Gasteiger partial charge in [0, 0.05) is 25.2 Å². The first-order valence-electron chi connectivity index (χ1n) is 5.98. The van der Waals surface area contributed by atoms with E-state index in [-0.39, 0.29) is 5.91 Å².